The maximum absolute atomic E-state index is 12.8. The van der Waals surface area contributed by atoms with Crippen LogP contribution in [0.3, 0.4) is 0 Å². The van der Waals surface area contributed by atoms with E-state index < -0.39 is 17.5 Å². The molecule has 0 aromatic carbocycles. The molecule has 4 saturated carbocycles. The topological polar surface area (TPSA) is 77.8 Å². The third-order valence-electron chi connectivity index (χ3n) is 13.2. The van der Waals surface area contributed by atoms with Gasteiger partial charge in [0.1, 0.15) is 0 Å². The standard InChI is InChI=1S/C30H48O4/c1-25(2)16-19-18-8-9-21-27(5)12-11-22(31)26(3,4)20(27)10-13-29(21,7)28(18,6)14-15-30(19,24(33)34)17-23(25)32/h8,19-23,31-32H,9-17H2,1-7H3,(H,33,34)/t19-,20+,21-,22-,23-,27-,28+,29+,30+/m0/s1. The highest BCUT2D eigenvalue weighted by Crippen LogP contribution is 2.75. The van der Waals surface area contributed by atoms with Crippen molar-refractivity contribution in [3.8, 4) is 0 Å². The minimum Gasteiger partial charge on any atom is -0.481 e. The third-order valence-corrected chi connectivity index (χ3v) is 13.2. The monoisotopic (exact) mass is 472 g/mol. The number of aliphatic carboxylic acids is 1. The van der Waals surface area contributed by atoms with E-state index in [9.17, 15) is 20.1 Å². The number of aliphatic hydroxyl groups is 2. The van der Waals surface area contributed by atoms with Gasteiger partial charge >= 0.3 is 5.97 Å². The van der Waals surface area contributed by atoms with Crippen LogP contribution in [0.15, 0.2) is 11.6 Å². The zero-order valence-electron chi connectivity index (χ0n) is 22.6. The Kier molecular flexibility index (Phi) is 5.20. The molecule has 0 heterocycles. The molecule has 0 spiro atoms. The van der Waals surface area contributed by atoms with Crippen LogP contribution in [0.2, 0.25) is 0 Å². The van der Waals surface area contributed by atoms with E-state index in [0.717, 1.165) is 44.9 Å². The predicted octanol–water partition coefficient (Wildman–Crippen LogP) is 6.20. The fourth-order valence-electron chi connectivity index (χ4n) is 10.6. The summed E-state index contributed by atoms with van der Waals surface area (Å²) in [5, 5.41) is 32.3. The van der Waals surface area contributed by atoms with Crippen LogP contribution in [0.5, 0.6) is 0 Å². The van der Waals surface area contributed by atoms with Crippen LogP contribution in [0, 0.1) is 50.2 Å². The number of allylic oxidation sites excluding steroid dienone is 2. The lowest BCUT2D eigenvalue weighted by molar-refractivity contribution is -0.208. The van der Waals surface area contributed by atoms with Crippen molar-refractivity contribution in [2.45, 2.75) is 118 Å². The molecule has 0 aliphatic heterocycles. The Morgan fingerprint density at radius 3 is 2.18 bits per heavy atom. The molecule has 192 valence electrons. The van der Waals surface area contributed by atoms with Gasteiger partial charge in [-0.2, -0.15) is 0 Å². The summed E-state index contributed by atoms with van der Waals surface area (Å²) in [6.07, 6.45) is 9.68. The van der Waals surface area contributed by atoms with E-state index in [1.54, 1.807) is 0 Å². The van der Waals surface area contributed by atoms with Crippen molar-refractivity contribution < 1.29 is 20.1 Å². The van der Waals surface area contributed by atoms with E-state index in [0.29, 0.717) is 24.7 Å². The Morgan fingerprint density at radius 1 is 0.853 bits per heavy atom. The van der Waals surface area contributed by atoms with Gasteiger partial charge in [0.25, 0.3) is 0 Å². The molecule has 4 nitrogen and oxygen atoms in total. The van der Waals surface area contributed by atoms with E-state index in [2.05, 4.69) is 54.5 Å². The quantitative estimate of drug-likeness (QED) is 0.397. The molecule has 0 unspecified atom stereocenters. The maximum Gasteiger partial charge on any atom is 0.310 e. The number of carbonyl (C=O) groups is 1. The van der Waals surface area contributed by atoms with Gasteiger partial charge in [-0.15, -0.1) is 0 Å². The first-order chi connectivity index (χ1) is 15.6. The van der Waals surface area contributed by atoms with Gasteiger partial charge in [0.05, 0.1) is 17.6 Å². The van der Waals surface area contributed by atoms with E-state index >= 15 is 0 Å². The fraction of sp³-hybridized carbons (Fsp3) is 0.900. The van der Waals surface area contributed by atoms with Gasteiger partial charge in [-0.1, -0.05) is 60.1 Å². The first-order valence-corrected chi connectivity index (χ1v) is 13.9. The molecule has 0 aromatic rings. The minimum atomic E-state index is -0.832. The van der Waals surface area contributed by atoms with Gasteiger partial charge in [0.15, 0.2) is 0 Å². The Hall–Kier alpha value is -0.870. The van der Waals surface area contributed by atoms with Crippen molar-refractivity contribution in [2.75, 3.05) is 0 Å². The van der Waals surface area contributed by atoms with Crippen molar-refractivity contribution in [2.24, 2.45) is 50.2 Å². The molecule has 0 amide bonds. The number of hydrogen-bond donors (Lipinski definition) is 3. The van der Waals surface area contributed by atoms with Crippen LogP contribution >= 0.6 is 0 Å². The van der Waals surface area contributed by atoms with Crippen molar-refractivity contribution >= 4 is 5.97 Å². The summed E-state index contributed by atoms with van der Waals surface area (Å²) < 4.78 is 0. The average molecular weight is 473 g/mol. The van der Waals surface area contributed by atoms with Crippen molar-refractivity contribution in [3.63, 3.8) is 0 Å². The predicted molar refractivity (Wildman–Crippen MR) is 134 cm³/mol. The minimum absolute atomic E-state index is 0.00785. The zero-order chi connectivity index (χ0) is 25.1. The first kappa shape index (κ1) is 24.8. The van der Waals surface area contributed by atoms with Crippen LogP contribution in [0.25, 0.3) is 0 Å². The highest BCUT2D eigenvalue weighted by Gasteiger charge is 2.69. The summed E-state index contributed by atoms with van der Waals surface area (Å²) >= 11 is 0. The van der Waals surface area contributed by atoms with Crippen molar-refractivity contribution in [3.05, 3.63) is 11.6 Å². The number of rotatable bonds is 1. The molecule has 4 heteroatoms. The van der Waals surface area contributed by atoms with Crippen LogP contribution < -0.4 is 0 Å². The highest BCUT2D eigenvalue weighted by atomic mass is 16.4. The molecule has 0 saturated heterocycles. The summed E-state index contributed by atoms with van der Waals surface area (Å²) in [5.41, 5.74) is 0.558. The number of aliphatic hydroxyl groups excluding tert-OH is 2. The van der Waals surface area contributed by atoms with E-state index in [4.69, 9.17) is 0 Å². The SMILES string of the molecule is CC1(C)C[C@H]2C3=CC[C@H]4[C@@]5(C)CC[C@H](O)C(C)(C)[C@H]5CC[C@@]4(C)[C@]3(C)CC[C@@]2(C(=O)O)C[C@@H]1O. The lowest BCUT2D eigenvalue weighted by Gasteiger charge is -2.71. The van der Waals surface area contributed by atoms with Crippen LogP contribution in [-0.2, 0) is 4.79 Å². The Morgan fingerprint density at radius 2 is 1.53 bits per heavy atom. The largest absolute Gasteiger partial charge is 0.481 e. The summed E-state index contributed by atoms with van der Waals surface area (Å²) in [6, 6.07) is 0. The second-order valence-electron chi connectivity index (χ2n) is 15.1. The Balaban J connectivity index is 1.60. The summed E-state index contributed by atoms with van der Waals surface area (Å²) in [4.78, 5) is 12.8. The smallest absolute Gasteiger partial charge is 0.310 e. The molecule has 5 rings (SSSR count). The molecule has 0 radical (unpaired) electrons. The number of fused-ring (bicyclic) bond motifs is 7. The molecule has 0 aromatic heterocycles. The summed E-state index contributed by atoms with van der Waals surface area (Å²) in [6.45, 7) is 16.3. The number of hydrogen-bond acceptors (Lipinski definition) is 3. The summed E-state index contributed by atoms with van der Waals surface area (Å²) in [7, 11) is 0. The lowest BCUT2D eigenvalue weighted by Crippen LogP contribution is -2.65. The molecule has 5 aliphatic rings. The van der Waals surface area contributed by atoms with Gasteiger partial charge in [-0.05, 0) is 103 Å². The molecular weight excluding hydrogens is 424 g/mol. The highest BCUT2D eigenvalue weighted by molar-refractivity contribution is 5.77. The molecule has 9 atom stereocenters. The van der Waals surface area contributed by atoms with Crippen molar-refractivity contribution in [1.29, 1.82) is 0 Å². The zero-order valence-corrected chi connectivity index (χ0v) is 22.6. The summed E-state index contributed by atoms with van der Waals surface area (Å²) in [5.74, 6) is 0.376. The second kappa shape index (κ2) is 7.12. The van der Waals surface area contributed by atoms with Gasteiger partial charge in [0.2, 0.25) is 0 Å². The van der Waals surface area contributed by atoms with E-state index in [-0.39, 0.29) is 39.1 Å². The number of carboxylic acids is 1. The van der Waals surface area contributed by atoms with Gasteiger partial charge in [-0.3, -0.25) is 4.79 Å². The van der Waals surface area contributed by atoms with Crippen molar-refractivity contribution in [1.82, 2.24) is 0 Å². The molecule has 0 bridgehead atoms. The molecular formula is C30H48O4. The maximum atomic E-state index is 12.8. The Labute approximate surface area is 206 Å². The van der Waals surface area contributed by atoms with Crippen LogP contribution in [0.1, 0.15) is 106 Å². The van der Waals surface area contributed by atoms with E-state index in [1.807, 2.05) is 0 Å². The molecule has 34 heavy (non-hydrogen) atoms. The average Bonchev–Trinajstić information content (AvgIpc) is 2.72. The first-order valence-electron chi connectivity index (χ1n) is 13.9. The Bertz CT molecular complexity index is 919. The number of carboxylic acid groups (broad SMARTS) is 1. The van der Waals surface area contributed by atoms with Gasteiger partial charge in [0, 0.05) is 0 Å². The normalized spacial score (nSPS) is 53.4. The molecule has 4 fully saturated rings. The van der Waals surface area contributed by atoms with Crippen LogP contribution in [0.4, 0.5) is 0 Å². The van der Waals surface area contributed by atoms with Gasteiger partial charge in [-0.25, -0.2) is 0 Å². The third kappa shape index (κ3) is 2.82. The fourth-order valence-corrected chi connectivity index (χ4v) is 10.6. The molecule has 5 aliphatic carbocycles. The molecule has 3 N–H and O–H groups in total. The van der Waals surface area contributed by atoms with Gasteiger partial charge < -0.3 is 15.3 Å². The second-order valence-corrected chi connectivity index (χ2v) is 15.1. The van der Waals surface area contributed by atoms with Crippen LogP contribution in [-0.4, -0.2) is 33.5 Å². The lowest BCUT2D eigenvalue weighted by atomic mass is 9.33. The van der Waals surface area contributed by atoms with E-state index in [1.165, 1.54) is 5.57 Å².